The Morgan fingerprint density at radius 1 is 1.11 bits per heavy atom. The molecule has 0 aromatic rings. The second kappa shape index (κ2) is 15.6. The summed E-state index contributed by atoms with van der Waals surface area (Å²) in [6, 6.07) is 0. The van der Waals surface area contributed by atoms with E-state index < -0.39 is 0 Å². The maximum absolute atomic E-state index is 5.51. The molecule has 0 aliphatic carbocycles. The van der Waals surface area contributed by atoms with Gasteiger partial charge in [0.05, 0.1) is 6.61 Å². The molecular weight excluding hydrogens is 258 g/mol. The van der Waals surface area contributed by atoms with Crippen LogP contribution in [-0.4, -0.2) is 50.8 Å². The molecule has 0 aromatic heterocycles. The quantitative estimate of drug-likeness (QED) is 0.329. The lowest BCUT2D eigenvalue weighted by atomic mass is 10.3. The first-order chi connectivity index (χ1) is 9.35. The number of aliphatic imine (C=N–C) groups is 1. The Balaban J connectivity index is 3.62. The zero-order valence-electron chi connectivity index (χ0n) is 12.8. The van der Waals surface area contributed by atoms with Gasteiger partial charge in [-0.15, -0.1) is 0 Å². The van der Waals surface area contributed by atoms with E-state index in [1.165, 1.54) is 18.6 Å². The molecule has 0 heterocycles. The van der Waals surface area contributed by atoms with Crippen molar-refractivity contribution >= 4 is 17.7 Å². The molecule has 0 atom stereocenters. The van der Waals surface area contributed by atoms with Gasteiger partial charge in [0.25, 0.3) is 0 Å². The second-order valence-electron chi connectivity index (χ2n) is 4.35. The van der Waals surface area contributed by atoms with Crippen molar-refractivity contribution in [1.82, 2.24) is 10.6 Å². The number of hydrogen-bond donors (Lipinski definition) is 2. The van der Waals surface area contributed by atoms with E-state index in [-0.39, 0.29) is 0 Å². The average Bonchev–Trinajstić information content (AvgIpc) is 2.42. The van der Waals surface area contributed by atoms with Crippen molar-refractivity contribution in [3.8, 4) is 0 Å². The predicted octanol–water partition coefficient (Wildman–Crippen LogP) is 2.50. The third-order valence-electron chi connectivity index (χ3n) is 2.55. The highest BCUT2D eigenvalue weighted by Crippen LogP contribution is 1.98. The summed E-state index contributed by atoms with van der Waals surface area (Å²) in [5, 5.41) is 6.55. The molecule has 0 aliphatic rings. The molecule has 0 amide bonds. The summed E-state index contributed by atoms with van der Waals surface area (Å²) in [4.78, 5) is 4.55. The molecule has 0 bridgehead atoms. The fraction of sp³-hybridized carbons (Fsp3) is 0.929. The lowest BCUT2D eigenvalue weighted by molar-refractivity contribution is 0.136. The fourth-order valence-corrected chi connectivity index (χ4v) is 1.97. The first-order valence-electron chi connectivity index (χ1n) is 7.44. The number of hydrogen-bond acceptors (Lipinski definition) is 3. The summed E-state index contributed by atoms with van der Waals surface area (Å²) in [6.07, 6.45) is 6.87. The van der Waals surface area contributed by atoms with Gasteiger partial charge in [-0.3, -0.25) is 4.99 Å². The monoisotopic (exact) mass is 289 g/mol. The van der Waals surface area contributed by atoms with Crippen LogP contribution < -0.4 is 10.6 Å². The number of ether oxygens (including phenoxy) is 1. The van der Waals surface area contributed by atoms with Gasteiger partial charge in [0, 0.05) is 26.2 Å². The summed E-state index contributed by atoms with van der Waals surface area (Å²) < 4.78 is 5.51. The van der Waals surface area contributed by atoms with Crippen molar-refractivity contribution in [1.29, 1.82) is 0 Å². The molecule has 5 heteroatoms. The molecule has 19 heavy (non-hydrogen) atoms. The normalized spacial score (nSPS) is 11.6. The summed E-state index contributed by atoms with van der Waals surface area (Å²) in [5.41, 5.74) is 0. The molecule has 2 N–H and O–H groups in total. The predicted molar refractivity (Wildman–Crippen MR) is 87.3 cm³/mol. The molecule has 0 spiro atoms. The van der Waals surface area contributed by atoms with Crippen LogP contribution in [0.5, 0.6) is 0 Å². The molecule has 114 valence electrons. The van der Waals surface area contributed by atoms with Crippen LogP contribution in [0.15, 0.2) is 4.99 Å². The minimum Gasteiger partial charge on any atom is -0.380 e. The molecule has 0 fully saturated rings. The Morgan fingerprint density at radius 3 is 2.63 bits per heavy atom. The maximum atomic E-state index is 5.51. The topological polar surface area (TPSA) is 45.6 Å². The number of nitrogens with one attached hydrogen (secondary N) is 2. The third-order valence-corrected chi connectivity index (χ3v) is 3.25. The highest BCUT2D eigenvalue weighted by Gasteiger charge is 1.96. The summed E-state index contributed by atoms with van der Waals surface area (Å²) in [7, 11) is 0. The smallest absolute Gasteiger partial charge is 0.191 e. The molecule has 0 aromatic carbocycles. The molecule has 0 unspecified atom stereocenters. The zero-order valence-corrected chi connectivity index (χ0v) is 13.7. The van der Waals surface area contributed by atoms with Gasteiger partial charge in [-0.25, -0.2) is 0 Å². The van der Waals surface area contributed by atoms with Crippen molar-refractivity contribution in [3.63, 3.8) is 0 Å². The van der Waals surface area contributed by atoms with Crippen molar-refractivity contribution in [2.24, 2.45) is 4.99 Å². The third kappa shape index (κ3) is 13.8. The SMILES string of the molecule is CCCCOCCNC(=NCCCCSC)NCC. The van der Waals surface area contributed by atoms with E-state index in [9.17, 15) is 0 Å². The highest BCUT2D eigenvalue weighted by atomic mass is 32.2. The van der Waals surface area contributed by atoms with Crippen molar-refractivity contribution < 1.29 is 4.74 Å². The van der Waals surface area contributed by atoms with Gasteiger partial charge < -0.3 is 15.4 Å². The van der Waals surface area contributed by atoms with Gasteiger partial charge in [-0.2, -0.15) is 11.8 Å². The second-order valence-corrected chi connectivity index (χ2v) is 5.34. The zero-order chi connectivity index (χ0) is 14.2. The van der Waals surface area contributed by atoms with Crippen LogP contribution in [0.1, 0.15) is 39.5 Å². The Hall–Kier alpha value is -0.420. The summed E-state index contributed by atoms with van der Waals surface area (Å²) in [6.45, 7) is 8.48. The maximum Gasteiger partial charge on any atom is 0.191 e. The van der Waals surface area contributed by atoms with E-state index in [4.69, 9.17) is 4.74 Å². The standard InChI is InChI=1S/C14H31N3OS/c1-4-6-11-18-12-10-17-14(15-5-2)16-9-7-8-13-19-3/h4-13H2,1-3H3,(H2,15,16,17). The number of thioether (sulfide) groups is 1. The molecule has 0 saturated heterocycles. The Morgan fingerprint density at radius 2 is 1.95 bits per heavy atom. The molecule has 0 radical (unpaired) electrons. The fourth-order valence-electron chi connectivity index (χ4n) is 1.48. The van der Waals surface area contributed by atoms with Gasteiger partial charge in [0.1, 0.15) is 0 Å². The van der Waals surface area contributed by atoms with Crippen LogP contribution in [0, 0.1) is 0 Å². The highest BCUT2D eigenvalue weighted by molar-refractivity contribution is 7.98. The van der Waals surface area contributed by atoms with E-state index in [0.29, 0.717) is 0 Å². The van der Waals surface area contributed by atoms with Gasteiger partial charge in [0.15, 0.2) is 5.96 Å². The largest absolute Gasteiger partial charge is 0.380 e. The van der Waals surface area contributed by atoms with Crippen molar-refractivity contribution in [2.45, 2.75) is 39.5 Å². The van der Waals surface area contributed by atoms with Crippen LogP contribution in [-0.2, 0) is 4.74 Å². The van der Waals surface area contributed by atoms with Gasteiger partial charge in [-0.1, -0.05) is 13.3 Å². The van der Waals surface area contributed by atoms with Gasteiger partial charge in [-0.05, 0) is 38.2 Å². The summed E-state index contributed by atoms with van der Waals surface area (Å²) in [5.74, 6) is 2.14. The Bertz CT molecular complexity index is 213. The number of rotatable bonds is 12. The van der Waals surface area contributed by atoms with Crippen LogP contribution >= 0.6 is 11.8 Å². The molecular formula is C14H31N3OS. The number of guanidine groups is 1. The average molecular weight is 289 g/mol. The van der Waals surface area contributed by atoms with Crippen molar-refractivity contribution in [2.75, 3.05) is 44.9 Å². The summed E-state index contributed by atoms with van der Waals surface area (Å²) >= 11 is 1.90. The molecule has 4 nitrogen and oxygen atoms in total. The lowest BCUT2D eigenvalue weighted by Gasteiger charge is -2.11. The van der Waals surface area contributed by atoms with E-state index in [0.717, 1.165) is 51.6 Å². The van der Waals surface area contributed by atoms with E-state index in [1.807, 2.05) is 11.8 Å². The van der Waals surface area contributed by atoms with Crippen LogP contribution in [0.2, 0.25) is 0 Å². The van der Waals surface area contributed by atoms with Gasteiger partial charge in [0.2, 0.25) is 0 Å². The number of nitrogens with zero attached hydrogens (tertiary/aromatic N) is 1. The number of unbranched alkanes of at least 4 members (excludes halogenated alkanes) is 2. The van der Waals surface area contributed by atoms with Crippen LogP contribution in [0.25, 0.3) is 0 Å². The molecule has 0 saturated carbocycles. The Kier molecular flexibility index (Phi) is 15.3. The molecule has 0 rings (SSSR count). The first-order valence-corrected chi connectivity index (χ1v) is 8.83. The Labute approximate surface area is 123 Å². The first kappa shape index (κ1) is 18.6. The minimum absolute atomic E-state index is 0.747. The van der Waals surface area contributed by atoms with Crippen molar-refractivity contribution in [3.05, 3.63) is 0 Å². The lowest BCUT2D eigenvalue weighted by Crippen LogP contribution is -2.39. The van der Waals surface area contributed by atoms with Crippen LogP contribution in [0.4, 0.5) is 0 Å². The van der Waals surface area contributed by atoms with E-state index in [2.05, 4.69) is 35.7 Å². The van der Waals surface area contributed by atoms with Gasteiger partial charge >= 0.3 is 0 Å². The minimum atomic E-state index is 0.747. The van der Waals surface area contributed by atoms with E-state index in [1.54, 1.807) is 0 Å². The van der Waals surface area contributed by atoms with E-state index >= 15 is 0 Å². The molecule has 0 aliphatic heterocycles. The van der Waals surface area contributed by atoms with Crippen LogP contribution in [0.3, 0.4) is 0 Å².